The lowest BCUT2D eigenvalue weighted by molar-refractivity contribution is 0.0956. The average Bonchev–Trinajstić information content (AvgIpc) is 3.12. The minimum Gasteiger partial charge on any atom is -0.350 e. The first-order chi connectivity index (χ1) is 11.2. The summed E-state index contributed by atoms with van der Waals surface area (Å²) < 4.78 is 13.2. The molecule has 0 aliphatic rings. The van der Waals surface area contributed by atoms with Gasteiger partial charge in [-0.05, 0) is 41.3 Å². The minimum absolute atomic E-state index is 0.108. The van der Waals surface area contributed by atoms with Crippen LogP contribution in [0.4, 0.5) is 4.39 Å². The first kappa shape index (κ1) is 15.4. The van der Waals surface area contributed by atoms with Crippen LogP contribution < -0.4 is 5.32 Å². The molecule has 0 saturated carbocycles. The zero-order valence-electron chi connectivity index (χ0n) is 12.3. The van der Waals surface area contributed by atoms with E-state index in [0.717, 1.165) is 11.3 Å². The summed E-state index contributed by atoms with van der Waals surface area (Å²) in [6, 6.07) is 15.6. The number of thiophene rings is 1. The lowest BCUT2D eigenvalue weighted by Gasteiger charge is -2.17. The Morgan fingerprint density at radius 2 is 1.96 bits per heavy atom. The summed E-state index contributed by atoms with van der Waals surface area (Å²) >= 11 is 1.40. The molecule has 0 bridgehead atoms. The molecule has 1 unspecified atom stereocenters. The number of carbonyl (C=O) groups is 1. The second-order valence-electron chi connectivity index (χ2n) is 5.05. The van der Waals surface area contributed by atoms with Crippen LogP contribution in [0.1, 0.15) is 26.8 Å². The first-order valence-corrected chi connectivity index (χ1v) is 8.10. The van der Waals surface area contributed by atoms with Gasteiger partial charge in [0.1, 0.15) is 5.82 Å². The van der Waals surface area contributed by atoms with E-state index in [9.17, 15) is 9.18 Å². The fraction of sp³-hybridized carbons (Fsp3) is 0.111. The number of rotatable bonds is 5. The summed E-state index contributed by atoms with van der Waals surface area (Å²) in [5, 5.41) is 4.80. The molecule has 0 aliphatic heterocycles. The molecular weight excluding hydrogens is 311 g/mol. The Morgan fingerprint density at radius 1 is 1.13 bits per heavy atom. The van der Waals surface area contributed by atoms with Gasteiger partial charge < -0.3 is 5.32 Å². The molecule has 2 heterocycles. The zero-order chi connectivity index (χ0) is 16.1. The quantitative estimate of drug-likeness (QED) is 0.774. The monoisotopic (exact) mass is 326 g/mol. The Balaban J connectivity index is 1.81. The maximum absolute atomic E-state index is 13.2. The summed E-state index contributed by atoms with van der Waals surface area (Å²) in [4.78, 5) is 17.2. The van der Waals surface area contributed by atoms with Crippen molar-refractivity contribution in [1.29, 1.82) is 0 Å². The standard InChI is InChI=1S/C18H15FN2OS/c19-14-8-6-13(7-9-14)15(16-4-1-2-10-20-16)12-21-18(22)17-5-3-11-23-17/h1-11,15H,12H2,(H,21,22). The summed E-state index contributed by atoms with van der Waals surface area (Å²) in [7, 11) is 0. The Hall–Kier alpha value is -2.53. The van der Waals surface area contributed by atoms with Crippen molar-refractivity contribution in [3.8, 4) is 0 Å². The number of hydrogen-bond acceptors (Lipinski definition) is 3. The molecule has 0 fully saturated rings. The van der Waals surface area contributed by atoms with Crippen molar-refractivity contribution in [2.24, 2.45) is 0 Å². The van der Waals surface area contributed by atoms with Crippen LogP contribution in [0.15, 0.2) is 66.2 Å². The molecule has 1 atom stereocenters. The summed E-state index contributed by atoms with van der Waals surface area (Å²) in [5.74, 6) is -0.514. The summed E-state index contributed by atoms with van der Waals surface area (Å²) in [6.45, 7) is 0.402. The number of halogens is 1. The van der Waals surface area contributed by atoms with Gasteiger partial charge >= 0.3 is 0 Å². The van der Waals surface area contributed by atoms with E-state index >= 15 is 0 Å². The highest BCUT2D eigenvalue weighted by Crippen LogP contribution is 2.23. The van der Waals surface area contributed by atoms with Crippen LogP contribution in [0.5, 0.6) is 0 Å². The van der Waals surface area contributed by atoms with Crippen LogP contribution >= 0.6 is 11.3 Å². The van der Waals surface area contributed by atoms with Crippen LogP contribution in [-0.4, -0.2) is 17.4 Å². The number of benzene rings is 1. The van der Waals surface area contributed by atoms with E-state index in [1.54, 1.807) is 24.4 Å². The van der Waals surface area contributed by atoms with Gasteiger partial charge in [0.2, 0.25) is 0 Å². The summed E-state index contributed by atoms with van der Waals surface area (Å²) in [6.07, 6.45) is 1.72. The number of hydrogen-bond donors (Lipinski definition) is 1. The fourth-order valence-electron chi connectivity index (χ4n) is 2.36. The normalized spacial score (nSPS) is 11.9. The van der Waals surface area contributed by atoms with Gasteiger partial charge in [0.15, 0.2) is 0 Å². The molecule has 2 aromatic heterocycles. The topological polar surface area (TPSA) is 42.0 Å². The lowest BCUT2D eigenvalue weighted by Crippen LogP contribution is -2.28. The van der Waals surface area contributed by atoms with Crippen molar-refractivity contribution in [2.45, 2.75) is 5.92 Å². The third-order valence-corrected chi connectivity index (χ3v) is 4.40. The van der Waals surface area contributed by atoms with E-state index in [1.807, 2.05) is 29.6 Å². The third kappa shape index (κ3) is 3.81. The molecule has 3 rings (SSSR count). The number of amides is 1. The second-order valence-corrected chi connectivity index (χ2v) is 5.99. The van der Waals surface area contributed by atoms with Gasteiger partial charge in [-0.2, -0.15) is 0 Å². The highest BCUT2D eigenvalue weighted by atomic mass is 32.1. The number of nitrogens with zero attached hydrogens (tertiary/aromatic N) is 1. The zero-order valence-corrected chi connectivity index (χ0v) is 13.1. The minimum atomic E-state index is -0.281. The molecule has 0 aliphatic carbocycles. The SMILES string of the molecule is O=C(NCC(c1ccc(F)cc1)c1ccccn1)c1cccs1. The van der Waals surface area contributed by atoms with Crippen molar-refractivity contribution in [2.75, 3.05) is 6.54 Å². The van der Waals surface area contributed by atoms with Crippen molar-refractivity contribution in [3.05, 3.63) is 88.1 Å². The number of nitrogens with one attached hydrogen (secondary N) is 1. The van der Waals surface area contributed by atoms with Gasteiger partial charge in [-0.15, -0.1) is 11.3 Å². The molecule has 116 valence electrons. The largest absolute Gasteiger partial charge is 0.350 e. The molecule has 0 spiro atoms. The molecule has 1 N–H and O–H groups in total. The van der Waals surface area contributed by atoms with E-state index in [1.165, 1.54) is 23.5 Å². The Labute approximate surface area is 137 Å². The van der Waals surface area contributed by atoms with E-state index in [4.69, 9.17) is 0 Å². The van der Waals surface area contributed by atoms with Gasteiger partial charge in [0.05, 0.1) is 4.88 Å². The fourth-order valence-corrected chi connectivity index (χ4v) is 3.00. The van der Waals surface area contributed by atoms with Crippen molar-refractivity contribution in [3.63, 3.8) is 0 Å². The highest BCUT2D eigenvalue weighted by molar-refractivity contribution is 7.12. The van der Waals surface area contributed by atoms with Gasteiger partial charge in [0, 0.05) is 24.4 Å². The molecule has 1 aromatic carbocycles. The predicted molar refractivity (Wildman–Crippen MR) is 89.1 cm³/mol. The van der Waals surface area contributed by atoms with Gasteiger partial charge in [-0.3, -0.25) is 9.78 Å². The van der Waals surface area contributed by atoms with Crippen LogP contribution in [-0.2, 0) is 0 Å². The molecule has 3 aromatic rings. The van der Waals surface area contributed by atoms with Crippen molar-refractivity contribution in [1.82, 2.24) is 10.3 Å². The number of pyridine rings is 1. The van der Waals surface area contributed by atoms with Crippen LogP contribution in [0.2, 0.25) is 0 Å². The maximum atomic E-state index is 13.2. The maximum Gasteiger partial charge on any atom is 0.261 e. The van der Waals surface area contributed by atoms with E-state index in [-0.39, 0.29) is 17.6 Å². The predicted octanol–water partition coefficient (Wildman–Crippen LogP) is 3.84. The second kappa shape index (κ2) is 7.15. The molecule has 1 amide bonds. The third-order valence-electron chi connectivity index (χ3n) is 3.53. The first-order valence-electron chi connectivity index (χ1n) is 7.22. The lowest BCUT2D eigenvalue weighted by atomic mass is 9.95. The molecular formula is C18H15FN2OS. The molecule has 0 saturated heterocycles. The van der Waals surface area contributed by atoms with Crippen LogP contribution in [0.3, 0.4) is 0 Å². The average molecular weight is 326 g/mol. The van der Waals surface area contributed by atoms with Crippen LogP contribution in [0, 0.1) is 5.82 Å². The molecule has 23 heavy (non-hydrogen) atoms. The van der Waals surface area contributed by atoms with E-state index < -0.39 is 0 Å². The molecule has 0 radical (unpaired) electrons. The van der Waals surface area contributed by atoms with Gasteiger partial charge in [0.25, 0.3) is 5.91 Å². The Kier molecular flexibility index (Phi) is 4.78. The van der Waals surface area contributed by atoms with Crippen molar-refractivity contribution >= 4 is 17.2 Å². The Morgan fingerprint density at radius 3 is 2.61 bits per heavy atom. The van der Waals surface area contributed by atoms with E-state index in [2.05, 4.69) is 10.3 Å². The number of aromatic nitrogens is 1. The smallest absolute Gasteiger partial charge is 0.261 e. The molecule has 3 nitrogen and oxygen atoms in total. The summed E-state index contributed by atoms with van der Waals surface area (Å²) in [5.41, 5.74) is 1.75. The Bertz CT molecular complexity index is 757. The van der Waals surface area contributed by atoms with E-state index in [0.29, 0.717) is 11.4 Å². The molecule has 5 heteroatoms. The van der Waals surface area contributed by atoms with Crippen LogP contribution in [0.25, 0.3) is 0 Å². The number of carbonyl (C=O) groups excluding carboxylic acids is 1. The van der Waals surface area contributed by atoms with Crippen molar-refractivity contribution < 1.29 is 9.18 Å². The van der Waals surface area contributed by atoms with Gasteiger partial charge in [-0.1, -0.05) is 24.3 Å². The highest BCUT2D eigenvalue weighted by Gasteiger charge is 2.17. The van der Waals surface area contributed by atoms with Gasteiger partial charge in [-0.25, -0.2) is 4.39 Å².